The van der Waals surface area contributed by atoms with Crippen LogP contribution in [0.15, 0.2) is 18.2 Å². The number of urea groups is 1. The van der Waals surface area contributed by atoms with E-state index in [1.54, 1.807) is 23.1 Å². The predicted octanol–water partition coefficient (Wildman–Crippen LogP) is 4.05. The molecule has 5 heteroatoms. The summed E-state index contributed by atoms with van der Waals surface area (Å²) < 4.78 is 0. The van der Waals surface area contributed by atoms with E-state index in [9.17, 15) is 9.59 Å². The van der Waals surface area contributed by atoms with Crippen molar-refractivity contribution in [1.29, 1.82) is 0 Å². The Morgan fingerprint density at radius 2 is 2.00 bits per heavy atom. The van der Waals surface area contributed by atoms with Crippen LogP contribution in [0.25, 0.3) is 0 Å². The molecule has 0 spiro atoms. The summed E-state index contributed by atoms with van der Waals surface area (Å²) in [7, 11) is 0. The molecule has 0 aliphatic rings. The number of Topliss-reactive ketones (excluding diaryl/α,β-unsaturated/α-hetero) is 1. The summed E-state index contributed by atoms with van der Waals surface area (Å²) in [5.41, 5.74) is 1.05. The minimum Gasteiger partial charge on any atom is -0.325 e. The number of anilines is 1. The minimum atomic E-state index is -0.159. The van der Waals surface area contributed by atoms with Gasteiger partial charge in [0, 0.05) is 24.3 Å². The van der Waals surface area contributed by atoms with Crippen LogP contribution in [0.1, 0.15) is 38.1 Å². The topological polar surface area (TPSA) is 49.4 Å². The molecular formula is C15H21ClN2O2. The maximum absolute atomic E-state index is 12.1. The van der Waals surface area contributed by atoms with Crippen LogP contribution >= 0.6 is 11.6 Å². The molecule has 0 unspecified atom stereocenters. The lowest BCUT2D eigenvalue weighted by Crippen LogP contribution is -2.37. The van der Waals surface area contributed by atoms with Crippen molar-refractivity contribution in [3.8, 4) is 0 Å². The number of nitrogens with zero attached hydrogens (tertiary/aromatic N) is 1. The summed E-state index contributed by atoms with van der Waals surface area (Å²) in [5.74, 6) is 0.312. The van der Waals surface area contributed by atoms with Crippen LogP contribution in [-0.4, -0.2) is 29.8 Å². The van der Waals surface area contributed by atoms with Gasteiger partial charge in [0.2, 0.25) is 0 Å². The SMILES string of the molecule is CCN(CC(C)C)C(=O)Nc1ccc(C(C)=O)c(Cl)c1. The zero-order valence-corrected chi connectivity index (χ0v) is 13.1. The Balaban J connectivity index is 2.80. The summed E-state index contributed by atoms with van der Waals surface area (Å²) in [6, 6.07) is 4.75. The molecule has 0 aliphatic heterocycles. The van der Waals surface area contributed by atoms with Crippen molar-refractivity contribution in [3.63, 3.8) is 0 Å². The first-order chi connectivity index (χ1) is 9.35. The lowest BCUT2D eigenvalue weighted by atomic mass is 10.1. The van der Waals surface area contributed by atoms with Crippen LogP contribution in [0.2, 0.25) is 5.02 Å². The number of halogens is 1. The average Bonchev–Trinajstić information content (AvgIpc) is 2.35. The molecule has 0 radical (unpaired) electrons. The first-order valence-electron chi connectivity index (χ1n) is 6.71. The molecule has 110 valence electrons. The second kappa shape index (κ2) is 7.29. The fraction of sp³-hybridized carbons (Fsp3) is 0.467. The highest BCUT2D eigenvalue weighted by atomic mass is 35.5. The smallest absolute Gasteiger partial charge is 0.321 e. The molecule has 0 bridgehead atoms. The van der Waals surface area contributed by atoms with Crippen molar-refractivity contribution in [2.45, 2.75) is 27.7 Å². The number of amides is 2. The molecule has 0 saturated carbocycles. The lowest BCUT2D eigenvalue weighted by Gasteiger charge is -2.23. The minimum absolute atomic E-state index is 0.0946. The highest BCUT2D eigenvalue weighted by Crippen LogP contribution is 2.21. The monoisotopic (exact) mass is 296 g/mol. The van der Waals surface area contributed by atoms with Gasteiger partial charge in [-0.3, -0.25) is 4.79 Å². The van der Waals surface area contributed by atoms with E-state index in [4.69, 9.17) is 11.6 Å². The molecule has 0 heterocycles. The van der Waals surface area contributed by atoms with Crippen molar-refractivity contribution < 1.29 is 9.59 Å². The highest BCUT2D eigenvalue weighted by molar-refractivity contribution is 6.34. The van der Waals surface area contributed by atoms with Crippen LogP contribution in [0.3, 0.4) is 0 Å². The Morgan fingerprint density at radius 1 is 1.35 bits per heavy atom. The molecule has 1 aromatic carbocycles. The Morgan fingerprint density at radius 3 is 2.45 bits per heavy atom. The van der Waals surface area contributed by atoms with Gasteiger partial charge in [-0.25, -0.2) is 4.79 Å². The van der Waals surface area contributed by atoms with Crippen LogP contribution in [0.5, 0.6) is 0 Å². The second-order valence-electron chi connectivity index (χ2n) is 5.11. The molecule has 1 N–H and O–H groups in total. The van der Waals surface area contributed by atoms with Crippen LogP contribution in [0.4, 0.5) is 10.5 Å². The Labute approximate surface area is 125 Å². The molecule has 0 aromatic heterocycles. The second-order valence-corrected chi connectivity index (χ2v) is 5.52. The Hall–Kier alpha value is -1.55. The number of carbonyl (C=O) groups excluding carboxylic acids is 2. The van der Waals surface area contributed by atoms with Gasteiger partial charge in [-0.15, -0.1) is 0 Å². The van der Waals surface area contributed by atoms with Crippen molar-refractivity contribution in [2.75, 3.05) is 18.4 Å². The fourth-order valence-corrected chi connectivity index (χ4v) is 2.19. The number of nitrogens with one attached hydrogen (secondary N) is 1. The van der Waals surface area contributed by atoms with Crippen molar-refractivity contribution in [2.24, 2.45) is 5.92 Å². The molecule has 0 saturated heterocycles. The van der Waals surface area contributed by atoms with E-state index in [2.05, 4.69) is 19.2 Å². The van der Waals surface area contributed by atoms with Gasteiger partial charge >= 0.3 is 6.03 Å². The summed E-state index contributed by atoms with van der Waals surface area (Å²) in [6.45, 7) is 8.86. The summed E-state index contributed by atoms with van der Waals surface area (Å²) in [4.78, 5) is 25.1. The lowest BCUT2D eigenvalue weighted by molar-refractivity contribution is 0.101. The van der Waals surface area contributed by atoms with Gasteiger partial charge in [-0.2, -0.15) is 0 Å². The Bertz CT molecular complexity index is 501. The molecule has 2 amide bonds. The van der Waals surface area contributed by atoms with Crippen molar-refractivity contribution >= 4 is 29.1 Å². The third-order valence-electron chi connectivity index (χ3n) is 2.85. The van der Waals surface area contributed by atoms with Crippen LogP contribution in [-0.2, 0) is 0 Å². The predicted molar refractivity (Wildman–Crippen MR) is 82.6 cm³/mol. The van der Waals surface area contributed by atoms with Crippen molar-refractivity contribution in [3.05, 3.63) is 28.8 Å². The largest absolute Gasteiger partial charge is 0.325 e. The van der Waals surface area contributed by atoms with Crippen LogP contribution in [0, 0.1) is 5.92 Å². The van der Waals surface area contributed by atoms with E-state index in [-0.39, 0.29) is 11.8 Å². The summed E-state index contributed by atoms with van der Waals surface area (Å²) in [5, 5.41) is 3.15. The van der Waals surface area contributed by atoms with E-state index in [0.717, 1.165) is 0 Å². The van der Waals surface area contributed by atoms with E-state index < -0.39 is 0 Å². The molecule has 4 nitrogen and oxygen atoms in total. The van der Waals surface area contributed by atoms with Gasteiger partial charge < -0.3 is 10.2 Å². The van der Waals surface area contributed by atoms with E-state index in [1.165, 1.54) is 6.92 Å². The van der Waals surface area contributed by atoms with Gasteiger partial charge in [0.25, 0.3) is 0 Å². The maximum atomic E-state index is 12.1. The molecule has 0 atom stereocenters. The van der Waals surface area contributed by atoms with Gasteiger partial charge in [-0.1, -0.05) is 25.4 Å². The third kappa shape index (κ3) is 4.53. The molecule has 0 fully saturated rings. The maximum Gasteiger partial charge on any atom is 0.321 e. The summed E-state index contributed by atoms with van der Waals surface area (Å²) >= 11 is 6.02. The van der Waals surface area contributed by atoms with Crippen molar-refractivity contribution in [1.82, 2.24) is 4.90 Å². The normalized spacial score (nSPS) is 10.5. The number of hydrogen-bond acceptors (Lipinski definition) is 2. The fourth-order valence-electron chi connectivity index (χ4n) is 1.88. The zero-order chi connectivity index (χ0) is 15.3. The number of carbonyl (C=O) groups is 2. The van der Waals surface area contributed by atoms with Gasteiger partial charge in [0.15, 0.2) is 5.78 Å². The number of hydrogen-bond donors (Lipinski definition) is 1. The van der Waals surface area contributed by atoms with E-state index in [0.29, 0.717) is 35.3 Å². The van der Waals surface area contributed by atoms with Crippen LogP contribution < -0.4 is 5.32 Å². The van der Waals surface area contributed by atoms with Gasteiger partial charge in [0.05, 0.1) is 5.02 Å². The first kappa shape index (κ1) is 16.5. The standard InChI is InChI=1S/C15H21ClN2O2/c1-5-18(9-10(2)3)15(20)17-12-6-7-13(11(4)19)14(16)8-12/h6-8,10H,5,9H2,1-4H3,(H,17,20). The number of ketones is 1. The van der Waals surface area contributed by atoms with E-state index in [1.807, 2.05) is 6.92 Å². The molecule has 1 rings (SSSR count). The first-order valence-corrected chi connectivity index (χ1v) is 7.09. The molecule has 0 aliphatic carbocycles. The number of rotatable bonds is 5. The van der Waals surface area contributed by atoms with E-state index >= 15 is 0 Å². The van der Waals surface area contributed by atoms with Gasteiger partial charge in [0.1, 0.15) is 0 Å². The zero-order valence-electron chi connectivity index (χ0n) is 12.4. The number of benzene rings is 1. The summed E-state index contributed by atoms with van der Waals surface area (Å²) in [6.07, 6.45) is 0. The third-order valence-corrected chi connectivity index (χ3v) is 3.17. The molecule has 1 aromatic rings. The average molecular weight is 297 g/mol. The quantitative estimate of drug-likeness (QED) is 0.833. The highest BCUT2D eigenvalue weighted by Gasteiger charge is 2.14. The molecule has 20 heavy (non-hydrogen) atoms. The van der Waals surface area contributed by atoms with Gasteiger partial charge in [-0.05, 0) is 38.0 Å². The molecular weight excluding hydrogens is 276 g/mol. The Kier molecular flexibility index (Phi) is 6.02.